The normalized spacial score (nSPS) is 18.8. The highest BCUT2D eigenvalue weighted by molar-refractivity contribution is 6.32. The molecule has 0 aliphatic carbocycles. The zero-order valence-electron chi connectivity index (χ0n) is 24.1. The van der Waals surface area contributed by atoms with E-state index in [0.29, 0.717) is 66.2 Å². The summed E-state index contributed by atoms with van der Waals surface area (Å²) < 4.78 is 22.1. The Labute approximate surface area is 251 Å². The highest BCUT2D eigenvalue weighted by Gasteiger charge is 2.44. The number of hydrogen-bond acceptors (Lipinski definition) is 7. The van der Waals surface area contributed by atoms with Crippen molar-refractivity contribution >= 4 is 29.1 Å². The Morgan fingerprint density at radius 2 is 1.71 bits per heavy atom. The zero-order chi connectivity index (χ0) is 29.6. The Balaban J connectivity index is 1.57. The van der Waals surface area contributed by atoms with Gasteiger partial charge in [0.05, 0.1) is 56.7 Å². The Morgan fingerprint density at radius 1 is 1.00 bits per heavy atom. The van der Waals surface area contributed by atoms with Crippen LogP contribution in [-0.4, -0.2) is 81.8 Å². The summed E-state index contributed by atoms with van der Waals surface area (Å²) in [6.07, 6.45) is 0. The van der Waals surface area contributed by atoms with Gasteiger partial charge in [0, 0.05) is 37.8 Å². The van der Waals surface area contributed by atoms with Crippen molar-refractivity contribution in [1.29, 1.82) is 0 Å². The van der Waals surface area contributed by atoms with Crippen LogP contribution in [0, 0.1) is 0 Å². The van der Waals surface area contributed by atoms with Crippen LogP contribution in [0.2, 0.25) is 5.02 Å². The number of nitrogens with zero attached hydrogens (tertiary/aromatic N) is 2. The topological polar surface area (TPSA) is 89.6 Å². The molecule has 2 aliphatic rings. The summed E-state index contributed by atoms with van der Waals surface area (Å²) in [4.78, 5) is 32.5. The van der Waals surface area contributed by atoms with Gasteiger partial charge >= 0.3 is 0 Å². The van der Waals surface area contributed by atoms with Crippen LogP contribution in [0.1, 0.15) is 40.4 Å². The van der Waals surface area contributed by atoms with E-state index in [2.05, 4.69) is 10.2 Å². The molecule has 2 amide bonds. The maximum atomic E-state index is 14.3. The lowest BCUT2D eigenvalue weighted by Gasteiger charge is -2.43. The number of halogens is 1. The van der Waals surface area contributed by atoms with Gasteiger partial charge in [-0.3, -0.25) is 14.5 Å². The number of anilines is 1. The molecule has 42 heavy (non-hydrogen) atoms. The molecule has 222 valence electrons. The lowest BCUT2D eigenvalue weighted by atomic mass is 9.79. The van der Waals surface area contributed by atoms with Crippen molar-refractivity contribution in [2.45, 2.75) is 18.9 Å². The Morgan fingerprint density at radius 3 is 2.40 bits per heavy atom. The summed E-state index contributed by atoms with van der Waals surface area (Å²) in [7, 11) is 3.03. The minimum atomic E-state index is -0.716. The van der Waals surface area contributed by atoms with Crippen molar-refractivity contribution in [1.82, 2.24) is 9.80 Å². The van der Waals surface area contributed by atoms with Gasteiger partial charge in [-0.25, -0.2) is 0 Å². The number of amides is 2. The number of rotatable bonds is 10. The van der Waals surface area contributed by atoms with E-state index in [1.54, 1.807) is 18.2 Å². The average Bonchev–Trinajstić information content (AvgIpc) is 3.01. The molecule has 2 atom stereocenters. The minimum Gasteiger partial charge on any atom is -0.495 e. The zero-order valence-corrected chi connectivity index (χ0v) is 24.9. The summed E-state index contributed by atoms with van der Waals surface area (Å²) >= 11 is 6.42. The van der Waals surface area contributed by atoms with Crippen LogP contribution in [0.5, 0.6) is 17.2 Å². The van der Waals surface area contributed by atoms with E-state index < -0.39 is 12.0 Å². The van der Waals surface area contributed by atoms with Crippen LogP contribution >= 0.6 is 11.6 Å². The molecule has 2 aliphatic heterocycles. The van der Waals surface area contributed by atoms with Crippen molar-refractivity contribution in [3.63, 3.8) is 0 Å². The molecular weight excluding hydrogens is 558 g/mol. The molecule has 0 unspecified atom stereocenters. The quantitative estimate of drug-likeness (QED) is 0.354. The van der Waals surface area contributed by atoms with E-state index in [1.165, 1.54) is 14.2 Å². The van der Waals surface area contributed by atoms with Gasteiger partial charge in [-0.15, -0.1) is 0 Å². The molecule has 1 N–H and O–H groups in total. The van der Waals surface area contributed by atoms with Gasteiger partial charge in [0.15, 0.2) is 0 Å². The molecule has 0 aromatic heterocycles. The number of benzene rings is 3. The summed E-state index contributed by atoms with van der Waals surface area (Å²) in [6, 6.07) is 17.6. The van der Waals surface area contributed by atoms with Crippen LogP contribution in [0.15, 0.2) is 60.7 Å². The van der Waals surface area contributed by atoms with Gasteiger partial charge in [0.1, 0.15) is 17.2 Å². The number of morpholine rings is 1. The molecule has 9 nitrogen and oxygen atoms in total. The lowest BCUT2D eigenvalue weighted by molar-refractivity contribution is -0.119. The molecule has 0 radical (unpaired) electrons. The first-order chi connectivity index (χ1) is 20.4. The Hall–Kier alpha value is -3.79. The third kappa shape index (κ3) is 6.18. The van der Waals surface area contributed by atoms with Gasteiger partial charge in [0.2, 0.25) is 5.91 Å². The molecule has 0 saturated carbocycles. The summed E-state index contributed by atoms with van der Waals surface area (Å²) in [5.41, 5.74) is 2.43. The van der Waals surface area contributed by atoms with E-state index in [9.17, 15) is 9.59 Å². The van der Waals surface area contributed by atoms with E-state index in [-0.39, 0.29) is 11.8 Å². The maximum Gasteiger partial charge on any atom is 0.254 e. The van der Waals surface area contributed by atoms with Crippen molar-refractivity contribution in [3.8, 4) is 17.2 Å². The largest absolute Gasteiger partial charge is 0.495 e. The molecule has 1 fully saturated rings. The van der Waals surface area contributed by atoms with E-state index in [1.807, 2.05) is 54.3 Å². The predicted octanol–water partition coefficient (Wildman–Crippen LogP) is 5.01. The Bertz CT molecular complexity index is 1410. The van der Waals surface area contributed by atoms with Gasteiger partial charge in [0.25, 0.3) is 5.91 Å². The van der Waals surface area contributed by atoms with Crippen molar-refractivity contribution in [2.24, 2.45) is 0 Å². The second-order valence-electron chi connectivity index (χ2n) is 10.1. The van der Waals surface area contributed by atoms with Crippen molar-refractivity contribution in [2.75, 3.05) is 65.5 Å². The lowest BCUT2D eigenvalue weighted by Crippen LogP contribution is -2.49. The van der Waals surface area contributed by atoms with E-state index in [4.69, 9.17) is 30.5 Å². The first-order valence-corrected chi connectivity index (χ1v) is 14.5. The second-order valence-corrected chi connectivity index (χ2v) is 10.5. The SMILES string of the molecule is CCOc1ccc([C@H]2[C@@H](C(=O)Nc3cc(Cl)c(OC)cc3OC)c3ccccc3C(=O)N2CCN2CCOCC2)cc1. The van der Waals surface area contributed by atoms with Crippen LogP contribution in [-0.2, 0) is 9.53 Å². The number of carbonyl (C=O) groups excluding carboxylic acids is 2. The maximum absolute atomic E-state index is 14.3. The highest BCUT2D eigenvalue weighted by Crippen LogP contribution is 2.44. The van der Waals surface area contributed by atoms with E-state index >= 15 is 0 Å². The minimum absolute atomic E-state index is 0.105. The number of hydrogen-bond donors (Lipinski definition) is 1. The monoisotopic (exact) mass is 593 g/mol. The number of ether oxygens (including phenoxy) is 4. The molecule has 5 rings (SSSR count). The van der Waals surface area contributed by atoms with Gasteiger partial charge in [-0.2, -0.15) is 0 Å². The molecule has 0 bridgehead atoms. The smallest absolute Gasteiger partial charge is 0.254 e. The van der Waals surface area contributed by atoms with Gasteiger partial charge in [-0.05, 0) is 42.3 Å². The average molecular weight is 594 g/mol. The second kappa shape index (κ2) is 13.5. The molecule has 3 aromatic carbocycles. The molecular formula is C32H36ClN3O6. The van der Waals surface area contributed by atoms with Crippen LogP contribution < -0.4 is 19.5 Å². The van der Waals surface area contributed by atoms with Crippen LogP contribution in [0.25, 0.3) is 0 Å². The molecule has 3 aromatic rings. The van der Waals surface area contributed by atoms with Gasteiger partial charge in [-0.1, -0.05) is 41.9 Å². The number of methoxy groups -OCH3 is 2. The predicted molar refractivity (Wildman–Crippen MR) is 161 cm³/mol. The summed E-state index contributed by atoms with van der Waals surface area (Å²) in [5.74, 6) is 0.458. The standard InChI is InChI=1S/C32H36ClN3O6/c1-4-42-22-11-9-21(10-12-22)30-29(31(37)34-26-19-25(33)27(39-2)20-28(26)40-3)23-7-5-6-8-24(23)32(38)36(30)14-13-35-15-17-41-18-16-35/h5-12,19-20,29-30H,4,13-18H2,1-3H3,(H,34,37)/t29-,30-/m0/s1. The first kappa shape index (κ1) is 29.7. The fraction of sp³-hybridized carbons (Fsp3) is 0.375. The van der Waals surface area contributed by atoms with Crippen molar-refractivity contribution in [3.05, 3.63) is 82.4 Å². The fourth-order valence-electron chi connectivity index (χ4n) is 5.66. The summed E-state index contributed by atoms with van der Waals surface area (Å²) in [6.45, 7) is 6.51. The van der Waals surface area contributed by atoms with Crippen LogP contribution in [0.3, 0.4) is 0 Å². The van der Waals surface area contributed by atoms with Crippen molar-refractivity contribution < 1.29 is 28.5 Å². The molecule has 1 saturated heterocycles. The molecule has 10 heteroatoms. The molecule has 0 spiro atoms. The fourth-order valence-corrected chi connectivity index (χ4v) is 5.90. The number of nitrogens with one attached hydrogen (secondary N) is 1. The number of fused-ring (bicyclic) bond motifs is 1. The highest BCUT2D eigenvalue weighted by atomic mass is 35.5. The first-order valence-electron chi connectivity index (χ1n) is 14.1. The summed E-state index contributed by atoms with van der Waals surface area (Å²) in [5, 5.41) is 3.38. The van der Waals surface area contributed by atoms with E-state index in [0.717, 1.165) is 24.4 Å². The van der Waals surface area contributed by atoms with Crippen LogP contribution in [0.4, 0.5) is 5.69 Å². The Kier molecular flexibility index (Phi) is 9.51. The number of carbonyl (C=O) groups is 2. The molecule has 2 heterocycles. The third-order valence-electron chi connectivity index (χ3n) is 7.75. The third-order valence-corrected chi connectivity index (χ3v) is 8.04. The van der Waals surface area contributed by atoms with Gasteiger partial charge < -0.3 is 29.2 Å².